The molecule has 0 heterocycles. The van der Waals surface area contributed by atoms with Gasteiger partial charge in [0.05, 0.1) is 23.3 Å². The van der Waals surface area contributed by atoms with Gasteiger partial charge in [-0.15, -0.1) is 11.6 Å². The van der Waals surface area contributed by atoms with E-state index in [1.54, 1.807) is 6.42 Å². The van der Waals surface area contributed by atoms with Crippen LogP contribution < -0.4 is 9.47 Å². The van der Waals surface area contributed by atoms with Crippen molar-refractivity contribution in [1.82, 2.24) is 0 Å². The SMILES string of the molecule is [CH2][CH]COc1c(Cl)cc(C(C)(C)c2ccc(OCCCCl)cc2)cc1Cl. The lowest BCUT2D eigenvalue weighted by atomic mass is 9.78. The Bertz CT molecular complexity index is 689. The van der Waals surface area contributed by atoms with E-state index in [9.17, 15) is 0 Å². The highest BCUT2D eigenvalue weighted by molar-refractivity contribution is 6.37. The van der Waals surface area contributed by atoms with Gasteiger partial charge in [0.25, 0.3) is 0 Å². The molecule has 5 heteroatoms. The van der Waals surface area contributed by atoms with Gasteiger partial charge in [0.1, 0.15) is 5.75 Å². The van der Waals surface area contributed by atoms with Crippen molar-refractivity contribution in [1.29, 1.82) is 0 Å². The molecular formula is C21H23Cl3O2. The van der Waals surface area contributed by atoms with Gasteiger partial charge in [-0.05, 0) is 55.2 Å². The van der Waals surface area contributed by atoms with Crippen molar-refractivity contribution in [3.63, 3.8) is 0 Å². The molecule has 0 unspecified atom stereocenters. The molecule has 0 N–H and O–H groups in total. The minimum atomic E-state index is -0.279. The van der Waals surface area contributed by atoms with Gasteiger partial charge in [0.2, 0.25) is 0 Å². The first kappa shape index (κ1) is 21.2. The van der Waals surface area contributed by atoms with Gasteiger partial charge in [-0.1, -0.05) is 49.2 Å². The van der Waals surface area contributed by atoms with E-state index >= 15 is 0 Å². The summed E-state index contributed by atoms with van der Waals surface area (Å²) in [5, 5.41) is 0.979. The molecule has 0 aromatic heterocycles. The largest absolute Gasteiger partial charge is 0.494 e. The zero-order valence-electron chi connectivity index (χ0n) is 15.0. The van der Waals surface area contributed by atoms with Crippen molar-refractivity contribution in [3.8, 4) is 11.5 Å². The average molecular weight is 414 g/mol. The minimum absolute atomic E-state index is 0.279. The summed E-state index contributed by atoms with van der Waals surface area (Å²) in [6.45, 7) is 8.86. The van der Waals surface area contributed by atoms with Gasteiger partial charge < -0.3 is 9.47 Å². The standard InChI is InChI=1S/C21H23Cl3O2/c1-4-11-26-20-18(23)13-16(14-19(20)24)21(2,3)15-6-8-17(9-7-15)25-12-5-10-22/h4,6-9,13-14H,1,5,10-12H2,2-3H3. The first-order valence-corrected chi connectivity index (χ1v) is 9.71. The number of benzene rings is 2. The molecule has 140 valence electrons. The zero-order chi connectivity index (χ0) is 19.2. The molecule has 0 bridgehead atoms. The van der Waals surface area contributed by atoms with Crippen LogP contribution in [0.2, 0.25) is 10.0 Å². The molecule has 0 saturated heterocycles. The van der Waals surface area contributed by atoms with Crippen LogP contribution in [-0.4, -0.2) is 19.1 Å². The number of hydrogen-bond acceptors (Lipinski definition) is 2. The Hall–Kier alpha value is -1.09. The van der Waals surface area contributed by atoms with Crippen LogP contribution in [0.3, 0.4) is 0 Å². The normalized spacial score (nSPS) is 11.5. The molecule has 26 heavy (non-hydrogen) atoms. The fraction of sp³-hybridized carbons (Fsp3) is 0.333. The van der Waals surface area contributed by atoms with Crippen molar-refractivity contribution >= 4 is 34.8 Å². The minimum Gasteiger partial charge on any atom is -0.494 e. The molecule has 0 aliphatic rings. The molecule has 0 spiro atoms. The smallest absolute Gasteiger partial charge is 0.156 e. The maximum Gasteiger partial charge on any atom is 0.156 e. The lowest BCUT2D eigenvalue weighted by molar-refractivity contribution is 0.318. The van der Waals surface area contributed by atoms with Crippen LogP contribution in [0.1, 0.15) is 31.4 Å². The van der Waals surface area contributed by atoms with E-state index in [1.807, 2.05) is 24.3 Å². The molecule has 0 aliphatic heterocycles. The maximum atomic E-state index is 6.39. The van der Waals surface area contributed by atoms with Crippen molar-refractivity contribution < 1.29 is 9.47 Å². The maximum absolute atomic E-state index is 6.39. The molecule has 2 radical (unpaired) electrons. The molecule has 0 atom stereocenters. The Kier molecular flexibility index (Phi) is 7.94. The van der Waals surface area contributed by atoms with E-state index in [0.717, 1.165) is 23.3 Å². The summed E-state index contributed by atoms with van der Waals surface area (Å²) in [6.07, 6.45) is 2.48. The average Bonchev–Trinajstić information content (AvgIpc) is 2.61. The molecule has 0 aliphatic carbocycles. The van der Waals surface area contributed by atoms with Gasteiger partial charge in [-0.25, -0.2) is 0 Å². The van der Waals surface area contributed by atoms with Crippen LogP contribution in [0.5, 0.6) is 11.5 Å². The van der Waals surface area contributed by atoms with Crippen molar-refractivity contribution in [2.75, 3.05) is 19.1 Å². The highest BCUT2D eigenvalue weighted by Gasteiger charge is 2.25. The van der Waals surface area contributed by atoms with Crippen LogP contribution in [-0.2, 0) is 5.41 Å². The van der Waals surface area contributed by atoms with Crippen LogP contribution in [0.4, 0.5) is 0 Å². The van der Waals surface area contributed by atoms with Crippen LogP contribution >= 0.6 is 34.8 Å². The summed E-state index contributed by atoms with van der Waals surface area (Å²) in [5.41, 5.74) is 1.86. The molecule has 0 amide bonds. The molecule has 2 nitrogen and oxygen atoms in total. The third kappa shape index (κ3) is 5.22. The second-order valence-corrected chi connectivity index (χ2v) is 7.60. The van der Waals surface area contributed by atoms with E-state index in [1.165, 1.54) is 0 Å². The zero-order valence-corrected chi connectivity index (χ0v) is 17.3. The summed E-state index contributed by atoms with van der Waals surface area (Å²) in [4.78, 5) is 0. The van der Waals surface area contributed by atoms with Crippen molar-refractivity contribution in [3.05, 3.63) is 70.9 Å². The third-order valence-corrected chi connectivity index (χ3v) is 5.02. The number of alkyl halides is 1. The number of hydrogen-bond donors (Lipinski definition) is 0. The number of rotatable bonds is 9. The van der Waals surface area contributed by atoms with Crippen LogP contribution in [0.15, 0.2) is 36.4 Å². The lowest BCUT2D eigenvalue weighted by Gasteiger charge is -2.27. The summed E-state index contributed by atoms with van der Waals surface area (Å²) in [7, 11) is 0. The first-order valence-electron chi connectivity index (χ1n) is 8.42. The van der Waals surface area contributed by atoms with Crippen molar-refractivity contribution in [2.24, 2.45) is 0 Å². The van der Waals surface area contributed by atoms with E-state index < -0.39 is 0 Å². The highest BCUT2D eigenvalue weighted by Crippen LogP contribution is 2.40. The first-order chi connectivity index (χ1) is 12.4. The van der Waals surface area contributed by atoms with Crippen LogP contribution in [0.25, 0.3) is 0 Å². The summed E-state index contributed by atoms with van der Waals surface area (Å²) in [5.74, 6) is 1.91. The third-order valence-electron chi connectivity index (χ3n) is 4.19. The van der Waals surface area contributed by atoms with E-state index in [-0.39, 0.29) is 5.41 Å². The Morgan fingerprint density at radius 2 is 1.62 bits per heavy atom. The topological polar surface area (TPSA) is 18.5 Å². The lowest BCUT2D eigenvalue weighted by Crippen LogP contribution is -2.19. The summed E-state index contributed by atoms with van der Waals surface area (Å²) >= 11 is 18.4. The van der Waals surface area contributed by atoms with Crippen LogP contribution in [0, 0.1) is 13.3 Å². The van der Waals surface area contributed by atoms with E-state index in [0.29, 0.717) is 34.9 Å². The summed E-state index contributed by atoms with van der Waals surface area (Å²) < 4.78 is 11.2. The predicted molar refractivity (Wildman–Crippen MR) is 111 cm³/mol. The van der Waals surface area contributed by atoms with Crippen molar-refractivity contribution in [2.45, 2.75) is 25.7 Å². The van der Waals surface area contributed by atoms with Gasteiger partial charge in [0, 0.05) is 11.3 Å². The summed E-state index contributed by atoms with van der Waals surface area (Å²) in [6, 6.07) is 11.8. The Balaban J connectivity index is 2.23. The Labute approximate surface area is 171 Å². The molecule has 2 aromatic rings. The van der Waals surface area contributed by atoms with Gasteiger partial charge >= 0.3 is 0 Å². The number of ether oxygens (including phenoxy) is 2. The molecule has 0 fully saturated rings. The fourth-order valence-electron chi connectivity index (χ4n) is 2.58. The van der Waals surface area contributed by atoms with Gasteiger partial charge in [-0.3, -0.25) is 0 Å². The Morgan fingerprint density at radius 1 is 1.00 bits per heavy atom. The highest BCUT2D eigenvalue weighted by atomic mass is 35.5. The molecule has 0 saturated carbocycles. The predicted octanol–water partition coefficient (Wildman–Crippen LogP) is 6.74. The fourth-order valence-corrected chi connectivity index (χ4v) is 3.29. The second-order valence-electron chi connectivity index (χ2n) is 6.41. The molecule has 2 aromatic carbocycles. The van der Waals surface area contributed by atoms with Gasteiger partial charge in [-0.2, -0.15) is 0 Å². The van der Waals surface area contributed by atoms with Gasteiger partial charge in [0.15, 0.2) is 5.75 Å². The second kappa shape index (κ2) is 9.73. The monoisotopic (exact) mass is 412 g/mol. The molecule has 2 rings (SSSR count). The molecular weight excluding hydrogens is 391 g/mol. The quantitative estimate of drug-likeness (QED) is 0.334. The number of halogens is 3. The Morgan fingerprint density at radius 3 is 2.15 bits per heavy atom. The van der Waals surface area contributed by atoms with E-state index in [2.05, 4.69) is 32.9 Å². The van der Waals surface area contributed by atoms with E-state index in [4.69, 9.17) is 44.3 Å².